The molecule has 5 heteroatoms. The van der Waals surface area contributed by atoms with Crippen molar-refractivity contribution in [3.63, 3.8) is 0 Å². The molecule has 0 amide bonds. The first-order valence-corrected chi connectivity index (χ1v) is 7.67. The minimum absolute atomic E-state index is 0.119. The minimum atomic E-state index is -1.09. The third kappa shape index (κ3) is 4.29. The van der Waals surface area contributed by atoms with E-state index in [-0.39, 0.29) is 5.57 Å². The molecule has 1 N–H and O–H groups in total. The van der Waals surface area contributed by atoms with Crippen molar-refractivity contribution in [2.45, 2.75) is 6.42 Å². The average Bonchev–Trinajstić information content (AvgIpc) is 2.56. The second-order valence-electron chi connectivity index (χ2n) is 4.79. The third-order valence-corrected chi connectivity index (χ3v) is 3.79. The molecule has 0 spiro atoms. The summed E-state index contributed by atoms with van der Waals surface area (Å²) >= 11 is 3.37. The molecule has 0 atom stereocenters. The molecule has 118 valence electrons. The molecule has 0 radical (unpaired) electrons. The maximum absolute atomic E-state index is 12.1. The van der Waals surface area contributed by atoms with E-state index in [0.717, 1.165) is 15.6 Å². The zero-order valence-electron chi connectivity index (χ0n) is 12.5. The number of carboxylic acids is 1. The Morgan fingerprint density at radius 2 is 1.57 bits per heavy atom. The topological polar surface area (TPSA) is 63.6 Å². The van der Waals surface area contributed by atoms with Gasteiger partial charge in [0.1, 0.15) is 0 Å². The Balaban J connectivity index is 2.72. The summed E-state index contributed by atoms with van der Waals surface area (Å²) in [7, 11) is 1.24. The van der Waals surface area contributed by atoms with Crippen LogP contribution >= 0.6 is 15.9 Å². The Kier molecular flexibility index (Phi) is 5.71. The van der Waals surface area contributed by atoms with E-state index in [1.165, 1.54) is 7.11 Å². The summed E-state index contributed by atoms with van der Waals surface area (Å²) in [6, 6.07) is 16.5. The molecule has 0 heterocycles. The normalized spacial score (nSPS) is 11.6. The quantitative estimate of drug-likeness (QED) is 0.636. The van der Waals surface area contributed by atoms with Gasteiger partial charge in [-0.2, -0.15) is 0 Å². The highest BCUT2D eigenvalue weighted by Gasteiger charge is 2.21. The minimum Gasteiger partial charge on any atom is -0.481 e. The molecule has 2 aromatic carbocycles. The molecule has 0 aromatic heterocycles. The fraction of sp³-hybridized carbons (Fsp3) is 0.111. The molecule has 2 rings (SSSR count). The number of rotatable bonds is 5. The maximum atomic E-state index is 12.1. The molecular formula is C18H15BrO4. The van der Waals surface area contributed by atoms with Gasteiger partial charge in [0.2, 0.25) is 0 Å². The number of carbonyl (C=O) groups excluding carboxylic acids is 1. The van der Waals surface area contributed by atoms with Gasteiger partial charge in [-0.1, -0.05) is 58.4 Å². The molecule has 0 saturated carbocycles. The summed E-state index contributed by atoms with van der Waals surface area (Å²) in [6.07, 6.45) is -0.410. The summed E-state index contributed by atoms with van der Waals surface area (Å²) < 4.78 is 5.69. The number of ether oxygens (including phenoxy) is 1. The van der Waals surface area contributed by atoms with Crippen molar-refractivity contribution in [1.82, 2.24) is 0 Å². The van der Waals surface area contributed by atoms with Crippen molar-refractivity contribution in [1.29, 1.82) is 0 Å². The van der Waals surface area contributed by atoms with Crippen LogP contribution in [0.2, 0.25) is 0 Å². The number of hydrogen-bond acceptors (Lipinski definition) is 3. The van der Waals surface area contributed by atoms with Crippen LogP contribution in [-0.4, -0.2) is 24.2 Å². The number of benzene rings is 2. The standard InChI is InChI=1S/C18H15BrO4/c1-23-18(22)15(11-16(20)21)17(12-5-3-2-4-6-12)13-7-9-14(19)10-8-13/h2-10H,11H2,1H3,(H,20,21)/b17-15+. The van der Waals surface area contributed by atoms with Crippen molar-refractivity contribution in [3.8, 4) is 0 Å². The second-order valence-corrected chi connectivity index (χ2v) is 5.70. The van der Waals surface area contributed by atoms with E-state index in [2.05, 4.69) is 15.9 Å². The molecule has 0 aliphatic rings. The van der Waals surface area contributed by atoms with Gasteiger partial charge in [-0.05, 0) is 28.8 Å². The first-order valence-electron chi connectivity index (χ1n) is 6.87. The van der Waals surface area contributed by atoms with E-state index in [4.69, 9.17) is 9.84 Å². The summed E-state index contributed by atoms with van der Waals surface area (Å²) in [4.78, 5) is 23.4. The van der Waals surface area contributed by atoms with Gasteiger partial charge >= 0.3 is 11.9 Å². The van der Waals surface area contributed by atoms with Crippen molar-refractivity contribution in [2.24, 2.45) is 0 Å². The van der Waals surface area contributed by atoms with Gasteiger partial charge in [-0.15, -0.1) is 0 Å². The Hall–Kier alpha value is -2.40. The highest BCUT2D eigenvalue weighted by molar-refractivity contribution is 9.10. The molecule has 4 nitrogen and oxygen atoms in total. The van der Waals surface area contributed by atoms with Gasteiger partial charge in [0.05, 0.1) is 19.1 Å². The van der Waals surface area contributed by atoms with Gasteiger partial charge in [0.15, 0.2) is 0 Å². The molecule has 0 unspecified atom stereocenters. The summed E-state index contributed by atoms with van der Waals surface area (Å²) in [5.74, 6) is -1.73. The lowest BCUT2D eigenvalue weighted by Gasteiger charge is -2.14. The van der Waals surface area contributed by atoms with Crippen LogP contribution in [0, 0.1) is 0 Å². The average molecular weight is 375 g/mol. The molecule has 2 aromatic rings. The van der Waals surface area contributed by atoms with Crippen LogP contribution in [-0.2, 0) is 14.3 Å². The summed E-state index contributed by atoms with van der Waals surface area (Å²) in [5, 5.41) is 9.17. The number of aliphatic carboxylic acids is 1. The lowest BCUT2D eigenvalue weighted by molar-refractivity contribution is -0.141. The fourth-order valence-electron chi connectivity index (χ4n) is 2.27. The molecule has 0 aliphatic heterocycles. The monoisotopic (exact) mass is 374 g/mol. The summed E-state index contributed by atoms with van der Waals surface area (Å²) in [6.45, 7) is 0. The lowest BCUT2D eigenvalue weighted by atomic mass is 9.91. The maximum Gasteiger partial charge on any atom is 0.334 e. The highest BCUT2D eigenvalue weighted by Crippen LogP contribution is 2.30. The number of carbonyl (C=O) groups is 2. The molecule has 23 heavy (non-hydrogen) atoms. The zero-order valence-corrected chi connectivity index (χ0v) is 14.0. The smallest absolute Gasteiger partial charge is 0.334 e. The number of methoxy groups -OCH3 is 1. The first kappa shape index (κ1) is 17.0. The van der Waals surface area contributed by atoms with Crippen LogP contribution in [0.25, 0.3) is 5.57 Å². The van der Waals surface area contributed by atoms with Crippen molar-refractivity contribution < 1.29 is 19.4 Å². The Morgan fingerprint density at radius 1 is 1.00 bits per heavy atom. The van der Waals surface area contributed by atoms with E-state index in [0.29, 0.717) is 5.57 Å². The Morgan fingerprint density at radius 3 is 2.09 bits per heavy atom. The second kappa shape index (κ2) is 7.74. The van der Waals surface area contributed by atoms with Crippen molar-refractivity contribution in [2.75, 3.05) is 7.11 Å². The SMILES string of the molecule is COC(=O)/C(CC(=O)O)=C(\c1ccccc1)c1ccc(Br)cc1. The van der Waals surface area contributed by atoms with Crippen molar-refractivity contribution >= 4 is 33.4 Å². The third-order valence-electron chi connectivity index (χ3n) is 3.26. The van der Waals surface area contributed by atoms with Crippen LogP contribution in [0.5, 0.6) is 0 Å². The molecule has 0 saturated heterocycles. The number of esters is 1. The number of hydrogen-bond donors (Lipinski definition) is 1. The molecular weight excluding hydrogens is 360 g/mol. The van der Waals surface area contributed by atoms with Crippen LogP contribution < -0.4 is 0 Å². The predicted octanol–water partition coefficient (Wildman–Crippen LogP) is 3.90. The van der Waals surface area contributed by atoms with Crippen LogP contribution in [0.3, 0.4) is 0 Å². The molecule has 0 bridgehead atoms. The largest absolute Gasteiger partial charge is 0.481 e. The van der Waals surface area contributed by atoms with E-state index < -0.39 is 18.4 Å². The van der Waals surface area contributed by atoms with Gasteiger partial charge in [-0.3, -0.25) is 4.79 Å². The summed E-state index contributed by atoms with van der Waals surface area (Å²) in [5.41, 5.74) is 2.19. The van der Waals surface area contributed by atoms with Crippen LogP contribution in [0.4, 0.5) is 0 Å². The van der Waals surface area contributed by atoms with Gasteiger partial charge in [0, 0.05) is 4.47 Å². The van der Waals surface area contributed by atoms with E-state index in [1.54, 1.807) is 0 Å². The van der Waals surface area contributed by atoms with E-state index in [9.17, 15) is 9.59 Å². The van der Waals surface area contributed by atoms with Crippen LogP contribution in [0.15, 0.2) is 64.6 Å². The number of carboxylic acid groups (broad SMARTS) is 1. The van der Waals surface area contributed by atoms with Gasteiger partial charge in [-0.25, -0.2) is 4.79 Å². The van der Waals surface area contributed by atoms with Gasteiger partial charge in [0.25, 0.3) is 0 Å². The lowest BCUT2D eigenvalue weighted by Crippen LogP contribution is -2.12. The Bertz CT molecular complexity index is 733. The van der Waals surface area contributed by atoms with Gasteiger partial charge < -0.3 is 9.84 Å². The first-order chi connectivity index (χ1) is 11.0. The molecule has 0 aliphatic carbocycles. The molecule has 0 fully saturated rings. The van der Waals surface area contributed by atoms with E-state index >= 15 is 0 Å². The van der Waals surface area contributed by atoms with Crippen LogP contribution in [0.1, 0.15) is 17.5 Å². The highest BCUT2D eigenvalue weighted by atomic mass is 79.9. The predicted molar refractivity (Wildman–Crippen MR) is 90.9 cm³/mol. The number of halogens is 1. The Labute approximate surface area is 142 Å². The zero-order chi connectivity index (χ0) is 16.8. The van der Waals surface area contributed by atoms with Crippen molar-refractivity contribution in [3.05, 3.63) is 75.8 Å². The fourth-order valence-corrected chi connectivity index (χ4v) is 2.54. The van der Waals surface area contributed by atoms with E-state index in [1.807, 2.05) is 54.6 Å².